The molecule has 0 saturated carbocycles. The molecular formula is C19H21ClN6O4. The van der Waals surface area contributed by atoms with Crippen LogP contribution in [0, 0.1) is 0 Å². The number of rotatable bonds is 4. The lowest BCUT2D eigenvalue weighted by molar-refractivity contribution is -0.137. The fourth-order valence-electron chi connectivity index (χ4n) is 3.80. The van der Waals surface area contributed by atoms with E-state index in [2.05, 4.69) is 9.88 Å². The minimum atomic E-state index is -1.09. The van der Waals surface area contributed by atoms with Crippen LogP contribution < -0.4 is 21.0 Å². The first-order chi connectivity index (χ1) is 14.3. The number of piperazine rings is 1. The van der Waals surface area contributed by atoms with Crippen LogP contribution in [-0.2, 0) is 25.4 Å². The molecule has 1 N–H and O–H groups in total. The van der Waals surface area contributed by atoms with Crippen LogP contribution in [0.25, 0.3) is 11.2 Å². The molecule has 2 aromatic heterocycles. The predicted molar refractivity (Wildman–Crippen MR) is 114 cm³/mol. The first-order valence-corrected chi connectivity index (χ1v) is 9.79. The summed E-state index contributed by atoms with van der Waals surface area (Å²) in [7, 11) is 2.88. The smallest absolute Gasteiger partial charge is 0.332 e. The minimum absolute atomic E-state index is 0.106. The molecule has 0 radical (unpaired) electrons. The highest BCUT2D eigenvalue weighted by atomic mass is 35.5. The van der Waals surface area contributed by atoms with Gasteiger partial charge in [0.25, 0.3) is 5.56 Å². The van der Waals surface area contributed by atoms with Crippen LogP contribution in [0.5, 0.6) is 0 Å². The van der Waals surface area contributed by atoms with Crippen molar-refractivity contribution in [2.45, 2.75) is 6.54 Å². The number of fused-ring (bicyclic) bond motifs is 1. The fourth-order valence-corrected chi connectivity index (χ4v) is 3.98. The SMILES string of the molecule is Cn1c(=O)c2c(nc(N3CCN(c4cccc(Cl)c4)CC3)n2CC(=O)O)n(C)c1=O. The summed E-state index contributed by atoms with van der Waals surface area (Å²) in [6.45, 7) is 2.07. The molecule has 158 valence electrons. The number of aromatic nitrogens is 4. The Morgan fingerprint density at radius 1 is 1.10 bits per heavy atom. The number of carboxylic acid groups (broad SMARTS) is 1. The Morgan fingerprint density at radius 2 is 1.77 bits per heavy atom. The normalized spacial score (nSPS) is 14.5. The number of hydrogen-bond acceptors (Lipinski definition) is 6. The lowest BCUT2D eigenvalue weighted by atomic mass is 10.2. The minimum Gasteiger partial charge on any atom is -0.480 e. The Balaban J connectivity index is 1.73. The molecule has 0 atom stereocenters. The molecule has 1 saturated heterocycles. The number of carbonyl (C=O) groups is 1. The quantitative estimate of drug-likeness (QED) is 0.639. The lowest BCUT2D eigenvalue weighted by Gasteiger charge is -2.36. The molecule has 0 aliphatic carbocycles. The lowest BCUT2D eigenvalue weighted by Crippen LogP contribution is -2.47. The highest BCUT2D eigenvalue weighted by Gasteiger charge is 2.26. The van der Waals surface area contributed by atoms with Crippen molar-refractivity contribution in [1.29, 1.82) is 0 Å². The van der Waals surface area contributed by atoms with Gasteiger partial charge in [0.1, 0.15) is 6.54 Å². The van der Waals surface area contributed by atoms with Gasteiger partial charge >= 0.3 is 11.7 Å². The van der Waals surface area contributed by atoms with Gasteiger partial charge in [-0.2, -0.15) is 4.98 Å². The summed E-state index contributed by atoms with van der Waals surface area (Å²) in [5, 5.41) is 10.1. The van der Waals surface area contributed by atoms with E-state index in [0.717, 1.165) is 10.3 Å². The third-order valence-corrected chi connectivity index (χ3v) is 5.59. The van der Waals surface area contributed by atoms with Crippen molar-refractivity contribution in [3.63, 3.8) is 0 Å². The summed E-state index contributed by atoms with van der Waals surface area (Å²) in [4.78, 5) is 45.1. The van der Waals surface area contributed by atoms with Crippen molar-refractivity contribution in [2.24, 2.45) is 14.1 Å². The standard InChI is InChI=1S/C19H21ClN6O4/c1-22-16-15(17(29)23(2)19(22)30)26(11-14(27)28)18(21-16)25-8-6-24(7-9-25)13-5-3-4-12(20)10-13/h3-5,10H,6-9,11H2,1-2H3,(H,27,28). The summed E-state index contributed by atoms with van der Waals surface area (Å²) in [5.74, 6) is -0.722. The average Bonchev–Trinajstić information content (AvgIpc) is 3.09. The molecule has 0 spiro atoms. The van der Waals surface area contributed by atoms with Crippen molar-refractivity contribution in [2.75, 3.05) is 36.0 Å². The molecule has 0 amide bonds. The second kappa shape index (κ2) is 7.52. The third kappa shape index (κ3) is 3.32. The van der Waals surface area contributed by atoms with Gasteiger partial charge in [0.05, 0.1) is 0 Å². The van der Waals surface area contributed by atoms with Crippen LogP contribution in [-0.4, -0.2) is 55.9 Å². The fraction of sp³-hybridized carbons (Fsp3) is 0.368. The van der Waals surface area contributed by atoms with Crippen molar-refractivity contribution in [3.8, 4) is 0 Å². The molecular weight excluding hydrogens is 412 g/mol. The van der Waals surface area contributed by atoms with Gasteiger partial charge in [0, 0.05) is 51.0 Å². The number of imidazole rings is 1. The van der Waals surface area contributed by atoms with E-state index in [4.69, 9.17) is 11.6 Å². The van der Waals surface area contributed by atoms with E-state index < -0.39 is 23.8 Å². The van der Waals surface area contributed by atoms with Gasteiger partial charge in [-0.3, -0.25) is 23.3 Å². The molecule has 30 heavy (non-hydrogen) atoms. The van der Waals surface area contributed by atoms with E-state index in [1.54, 1.807) is 0 Å². The highest BCUT2D eigenvalue weighted by Crippen LogP contribution is 2.24. The Labute approximate surface area is 176 Å². The summed E-state index contributed by atoms with van der Waals surface area (Å²) in [5.41, 5.74) is 0.221. The number of nitrogens with zero attached hydrogens (tertiary/aromatic N) is 6. The molecule has 11 heteroatoms. The van der Waals surface area contributed by atoms with Crippen LogP contribution in [0.3, 0.4) is 0 Å². The molecule has 3 heterocycles. The summed E-state index contributed by atoms with van der Waals surface area (Å²) < 4.78 is 3.61. The molecule has 4 rings (SSSR count). The molecule has 1 aromatic carbocycles. The number of aliphatic carboxylic acids is 1. The van der Waals surface area contributed by atoms with Gasteiger partial charge in [-0.15, -0.1) is 0 Å². The molecule has 1 fully saturated rings. The van der Waals surface area contributed by atoms with Crippen LogP contribution in [0.15, 0.2) is 33.9 Å². The summed E-state index contributed by atoms with van der Waals surface area (Å²) in [6, 6.07) is 7.60. The van der Waals surface area contributed by atoms with Crippen molar-refractivity contribution in [3.05, 3.63) is 50.1 Å². The summed E-state index contributed by atoms with van der Waals surface area (Å²) >= 11 is 6.09. The van der Waals surface area contributed by atoms with Gasteiger partial charge in [-0.05, 0) is 18.2 Å². The second-order valence-corrected chi connectivity index (χ2v) is 7.66. The van der Waals surface area contributed by atoms with Crippen LogP contribution in [0.2, 0.25) is 5.02 Å². The predicted octanol–water partition coefficient (Wildman–Crippen LogP) is 0.498. The zero-order valence-corrected chi connectivity index (χ0v) is 17.3. The van der Waals surface area contributed by atoms with Gasteiger partial charge < -0.3 is 14.9 Å². The number of anilines is 2. The van der Waals surface area contributed by atoms with E-state index >= 15 is 0 Å². The van der Waals surface area contributed by atoms with Gasteiger partial charge in [0.15, 0.2) is 11.2 Å². The number of carboxylic acids is 1. The third-order valence-electron chi connectivity index (χ3n) is 5.36. The number of benzene rings is 1. The van der Waals surface area contributed by atoms with Crippen molar-refractivity contribution in [1.82, 2.24) is 18.7 Å². The van der Waals surface area contributed by atoms with Crippen LogP contribution in [0.4, 0.5) is 11.6 Å². The zero-order chi connectivity index (χ0) is 21.6. The molecule has 1 aliphatic heterocycles. The molecule has 0 bridgehead atoms. The topological polar surface area (TPSA) is 106 Å². The van der Waals surface area contributed by atoms with E-state index in [1.165, 1.54) is 23.2 Å². The van der Waals surface area contributed by atoms with E-state index in [-0.39, 0.29) is 11.2 Å². The zero-order valence-electron chi connectivity index (χ0n) is 16.6. The van der Waals surface area contributed by atoms with Crippen molar-refractivity contribution >= 4 is 40.4 Å². The average molecular weight is 433 g/mol. The van der Waals surface area contributed by atoms with Gasteiger partial charge in [-0.25, -0.2) is 4.79 Å². The van der Waals surface area contributed by atoms with Gasteiger partial charge in [0.2, 0.25) is 5.95 Å². The Morgan fingerprint density at radius 3 is 2.40 bits per heavy atom. The van der Waals surface area contributed by atoms with E-state index in [1.807, 2.05) is 29.2 Å². The Kier molecular flexibility index (Phi) is 5.02. The maximum absolute atomic E-state index is 12.7. The largest absolute Gasteiger partial charge is 0.480 e. The first-order valence-electron chi connectivity index (χ1n) is 9.41. The molecule has 10 nitrogen and oxygen atoms in total. The van der Waals surface area contributed by atoms with E-state index in [0.29, 0.717) is 37.1 Å². The monoisotopic (exact) mass is 432 g/mol. The van der Waals surface area contributed by atoms with E-state index in [9.17, 15) is 19.5 Å². The first kappa shape index (κ1) is 20.0. The molecule has 0 unspecified atom stereocenters. The molecule has 1 aliphatic rings. The highest BCUT2D eigenvalue weighted by molar-refractivity contribution is 6.30. The van der Waals surface area contributed by atoms with Crippen LogP contribution in [0.1, 0.15) is 0 Å². The van der Waals surface area contributed by atoms with Crippen molar-refractivity contribution < 1.29 is 9.90 Å². The number of aryl methyl sites for hydroxylation is 1. The summed E-state index contributed by atoms with van der Waals surface area (Å²) in [6.07, 6.45) is 0. The maximum Gasteiger partial charge on any atom is 0.332 e. The maximum atomic E-state index is 12.7. The number of halogens is 1. The van der Waals surface area contributed by atoms with Crippen LogP contribution >= 0.6 is 11.6 Å². The number of hydrogen-bond donors (Lipinski definition) is 1. The molecule has 3 aromatic rings. The van der Waals surface area contributed by atoms with Gasteiger partial charge in [-0.1, -0.05) is 17.7 Å². The Bertz CT molecular complexity index is 1250. The Hall–Kier alpha value is -3.27. The second-order valence-electron chi connectivity index (χ2n) is 7.22.